The Balaban J connectivity index is 1.33. The molecular weight excluding hydrogens is 448 g/mol. The summed E-state index contributed by atoms with van der Waals surface area (Å²) < 4.78 is 10.7. The minimum atomic E-state index is -0.786. The average molecular weight is 477 g/mol. The maximum atomic E-state index is 12.6. The Morgan fingerprint density at radius 1 is 1.03 bits per heavy atom. The number of carbonyl (C=O) groups is 3. The molecule has 2 aromatic carbocycles. The zero-order chi connectivity index (χ0) is 25.0. The maximum Gasteiger partial charge on any atom is 0.313 e. The third kappa shape index (κ3) is 6.26. The van der Waals surface area contributed by atoms with Crippen LogP contribution in [0.25, 0.3) is 11.3 Å². The lowest BCUT2D eigenvalue weighted by atomic mass is 9.94. The van der Waals surface area contributed by atoms with Crippen LogP contribution in [0.3, 0.4) is 0 Å². The Kier molecular flexibility index (Phi) is 6.86. The molecule has 3 N–H and O–H groups in total. The van der Waals surface area contributed by atoms with Crippen molar-refractivity contribution in [3.05, 3.63) is 60.6 Å². The molecule has 1 aliphatic carbocycles. The number of carbonyl (C=O) groups excluding carboxylic acids is 3. The maximum absolute atomic E-state index is 12.6. The second-order valence-electron chi connectivity index (χ2n) is 9.21. The topological polar surface area (TPSA) is 123 Å². The lowest BCUT2D eigenvalue weighted by Crippen LogP contribution is -2.49. The molecular formula is C26H28N4O5. The van der Waals surface area contributed by atoms with Gasteiger partial charge in [0.1, 0.15) is 5.75 Å². The van der Waals surface area contributed by atoms with Crippen LogP contribution in [0.4, 0.5) is 11.4 Å². The van der Waals surface area contributed by atoms with E-state index in [0.29, 0.717) is 29.2 Å². The van der Waals surface area contributed by atoms with Crippen molar-refractivity contribution in [3.8, 4) is 17.1 Å². The Hall–Kier alpha value is -4.14. The third-order valence-corrected chi connectivity index (χ3v) is 5.63. The number of ether oxygens (including phenoxy) is 1. The van der Waals surface area contributed by atoms with Crippen molar-refractivity contribution >= 4 is 29.1 Å². The lowest BCUT2D eigenvalue weighted by Gasteiger charge is -2.26. The number of rotatable bonds is 8. The van der Waals surface area contributed by atoms with Gasteiger partial charge in [-0.05, 0) is 62.9 Å². The van der Waals surface area contributed by atoms with E-state index >= 15 is 0 Å². The summed E-state index contributed by atoms with van der Waals surface area (Å²) in [6, 6.07) is 12.5. The highest BCUT2D eigenvalue weighted by Gasteiger charge is 2.29. The van der Waals surface area contributed by atoms with Crippen LogP contribution in [0.15, 0.2) is 59.5 Å². The van der Waals surface area contributed by atoms with Gasteiger partial charge in [-0.3, -0.25) is 14.4 Å². The molecule has 0 aliphatic heterocycles. The summed E-state index contributed by atoms with van der Waals surface area (Å²) in [6.45, 7) is 3.69. The van der Waals surface area contributed by atoms with Crippen molar-refractivity contribution in [1.82, 2.24) is 10.3 Å². The van der Waals surface area contributed by atoms with Gasteiger partial charge in [-0.1, -0.05) is 12.1 Å². The molecule has 0 atom stereocenters. The number of nitrogens with one attached hydrogen (secondary N) is 3. The molecule has 1 aliphatic rings. The van der Waals surface area contributed by atoms with Crippen molar-refractivity contribution in [2.45, 2.75) is 38.6 Å². The van der Waals surface area contributed by atoms with Gasteiger partial charge in [-0.25, -0.2) is 4.98 Å². The highest BCUT2D eigenvalue weighted by Crippen LogP contribution is 2.32. The van der Waals surface area contributed by atoms with Crippen LogP contribution in [0.5, 0.6) is 5.75 Å². The highest BCUT2D eigenvalue weighted by molar-refractivity contribution is 6.39. The fraction of sp³-hybridized carbons (Fsp3) is 0.308. The number of amides is 3. The van der Waals surface area contributed by atoms with Crippen LogP contribution in [0.1, 0.15) is 32.3 Å². The molecule has 1 fully saturated rings. The molecule has 3 aromatic rings. The van der Waals surface area contributed by atoms with Crippen molar-refractivity contribution in [2.24, 2.45) is 5.92 Å². The number of methoxy groups -OCH3 is 1. The van der Waals surface area contributed by atoms with Crippen molar-refractivity contribution in [2.75, 3.05) is 17.7 Å². The Labute approximate surface area is 203 Å². The van der Waals surface area contributed by atoms with E-state index in [4.69, 9.17) is 9.15 Å². The molecule has 0 radical (unpaired) electrons. The van der Waals surface area contributed by atoms with Gasteiger partial charge in [0, 0.05) is 28.9 Å². The summed E-state index contributed by atoms with van der Waals surface area (Å²) >= 11 is 0. The SMILES string of the molecule is COc1cc(NC(=O)C(=O)NC(C)(C)Cc2ccc(NC(=O)C3CC3)cc2)ccc1-c1cnco1. The van der Waals surface area contributed by atoms with Crippen molar-refractivity contribution in [3.63, 3.8) is 0 Å². The molecule has 1 aromatic heterocycles. The van der Waals surface area contributed by atoms with Crippen LogP contribution in [0, 0.1) is 5.92 Å². The van der Waals surface area contributed by atoms with Gasteiger partial charge in [0.05, 0.1) is 18.9 Å². The number of hydrogen-bond acceptors (Lipinski definition) is 6. The molecule has 0 saturated heterocycles. The quantitative estimate of drug-likeness (QED) is 0.425. The van der Waals surface area contributed by atoms with Gasteiger partial charge in [0.15, 0.2) is 12.2 Å². The van der Waals surface area contributed by atoms with Gasteiger partial charge in [-0.15, -0.1) is 0 Å². The first-order chi connectivity index (χ1) is 16.7. The Morgan fingerprint density at radius 3 is 2.37 bits per heavy atom. The van der Waals surface area contributed by atoms with Crippen LogP contribution < -0.4 is 20.7 Å². The van der Waals surface area contributed by atoms with E-state index in [1.54, 1.807) is 24.4 Å². The second-order valence-corrected chi connectivity index (χ2v) is 9.21. The molecule has 0 bridgehead atoms. The number of nitrogens with zero attached hydrogens (tertiary/aromatic N) is 1. The smallest absolute Gasteiger partial charge is 0.313 e. The molecule has 4 rings (SSSR count). The van der Waals surface area contributed by atoms with Gasteiger partial charge < -0.3 is 25.1 Å². The number of benzene rings is 2. The predicted molar refractivity (Wildman–Crippen MR) is 131 cm³/mol. The first-order valence-electron chi connectivity index (χ1n) is 11.3. The summed E-state index contributed by atoms with van der Waals surface area (Å²) in [5.74, 6) is -0.342. The largest absolute Gasteiger partial charge is 0.496 e. The average Bonchev–Trinajstić information content (AvgIpc) is 3.54. The molecule has 0 unspecified atom stereocenters. The first kappa shape index (κ1) is 24.0. The van der Waals surface area contributed by atoms with E-state index in [1.165, 1.54) is 13.5 Å². The molecule has 1 heterocycles. The van der Waals surface area contributed by atoms with Gasteiger partial charge in [-0.2, -0.15) is 0 Å². The fourth-order valence-electron chi connectivity index (χ4n) is 3.72. The fourth-order valence-corrected chi connectivity index (χ4v) is 3.72. The Morgan fingerprint density at radius 2 is 1.74 bits per heavy atom. The molecule has 182 valence electrons. The van der Waals surface area contributed by atoms with E-state index in [0.717, 1.165) is 24.1 Å². The van der Waals surface area contributed by atoms with Gasteiger partial charge in [0.25, 0.3) is 0 Å². The molecule has 3 amide bonds. The van der Waals surface area contributed by atoms with E-state index in [2.05, 4.69) is 20.9 Å². The van der Waals surface area contributed by atoms with Crippen molar-refractivity contribution < 1.29 is 23.5 Å². The molecule has 1 saturated carbocycles. The molecule has 35 heavy (non-hydrogen) atoms. The van der Waals surface area contributed by atoms with E-state index in [-0.39, 0.29) is 11.8 Å². The molecule has 0 spiro atoms. The minimum Gasteiger partial charge on any atom is -0.496 e. The highest BCUT2D eigenvalue weighted by atomic mass is 16.5. The van der Waals surface area contributed by atoms with E-state index in [1.807, 2.05) is 38.1 Å². The summed E-state index contributed by atoms with van der Waals surface area (Å²) in [5.41, 5.74) is 2.12. The van der Waals surface area contributed by atoms with Crippen LogP contribution in [0.2, 0.25) is 0 Å². The van der Waals surface area contributed by atoms with Crippen molar-refractivity contribution in [1.29, 1.82) is 0 Å². The van der Waals surface area contributed by atoms with Gasteiger partial charge in [0.2, 0.25) is 5.91 Å². The lowest BCUT2D eigenvalue weighted by molar-refractivity contribution is -0.137. The second kappa shape index (κ2) is 10.0. The number of aromatic nitrogens is 1. The number of hydrogen-bond donors (Lipinski definition) is 3. The summed E-state index contributed by atoms with van der Waals surface area (Å²) in [5, 5.41) is 8.28. The standard InChI is InChI=1S/C26H28N4O5/c1-26(2,13-16-4-8-18(9-5-16)28-23(31)17-6-7-17)30-25(33)24(32)29-19-10-11-20(21(12-19)34-3)22-14-27-15-35-22/h4-5,8-12,14-15,17H,6-7,13H2,1-3H3,(H,28,31)(H,29,32)(H,30,33). The molecule has 9 heteroatoms. The normalized spacial score (nSPS) is 13.1. The summed E-state index contributed by atoms with van der Waals surface area (Å²) in [6.07, 6.45) is 5.28. The zero-order valence-electron chi connectivity index (χ0n) is 19.9. The van der Waals surface area contributed by atoms with Crippen LogP contribution in [-0.4, -0.2) is 35.4 Å². The monoisotopic (exact) mass is 476 g/mol. The number of oxazole rings is 1. The number of anilines is 2. The summed E-state index contributed by atoms with van der Waals surface area (Å²) in [4.78, 5) is 40.9. The first-order valence-corrected chi connectivity index (χ1v) is 11.3. The van der Waals surface area contributed by atoms with Gasteiger partial charge >= 0.3 is 11.8 Å². The van der Waals surface area contributed by atoms with E-state index < -0.39 is 17.4 Å². The minimum absolute atomic E-state index is 0.0570. The predicted octanol–water partition coefficient (Wildman–Crippen LogP) is 3.77. The Bertz CT molecular complexity index is 1220. The summed E-state index contributed by atoms with van der Waals surface area (Å²) in [7, 11) is 1.50. The van der Waals surface area contributed by atoms with Crippen LogP contribution >= 0.6 is 0 Å². The van der Waals surface area contributed by atoms with Crippen LogP contribution in [-0.2, 0) is 20.8 Å². The van der Waals surface area contributed by atoms with E-state index in [9.17, 15) is 14.4 Å². The molecule has 9 nitrogen and oxygen atoms in total. The third-order valence-electron chi connectivity index (χ3n) is 5.63. The zero-order valence-corrected chi connectivity index (χ0v) is 19.9.